The van der Waals surface area contributed by atoms with Crippen molar-refractivity contribution in [2.24, 2.45) is 0 Å². The van der Waals surface area contributed by atoms with E-state index in [9.17, 15) is 4.79 Å². The van der Waals surface area contributed by atoms with Crippen molar-refractivity contribution in [3.8, 4) is 0 Å². The molecule has 0 saturated heterocycles. The smallest absolute Gasteiger partial charge is 0.203 e. The molecule has 94 valence electrons. The molecule has 2 aromatic rings. The lowest BCUT2D eigenvalue weighted by atomic mass is 10.1. The number of nitrogen functional groups attached to an aromatic ring is 1. The molecule has 2 N–H and O–H groups in total. The van der Waals surface area contributed by atoms with E-state index in [0.29, 0.717) is 19.2 Å². The molecule has 0 amide bonds. The van der Waals surface area contributed by atoms with Gasteiger partial charge in [0.05, 0.1) is 29.4 Å². The summed E-state index contributed by atoms with van der Waals surface area (Å²) in [6, 6.07) is 4.58. The van der Waals surface area contributed by atoms with Gasteiger partial charge in [-0.05, 0) is 34.1 Å². The van der Waals surface area contributed by atoms with Crippen LogP contribution in [0.2, 0.25) is 15.1 Å². The maximum atomic E-state index is 12.2. The second-order valence-corrected chi connectivity index (χ2v) is 6.99. The first kappa shape index (κ1) is 14.2. The van der Waals surface area contributed by atoms with Gasteiger partial charge in [-0.2, -0.15) is 0 Å². The molecule has 0 aliphatic heterocycles. The zero-order valence-corrected chi connectivity index (χ0v) is 13.3. The largest absolute Gasteiger partial charge is 0.397 e. The number of halogens is 4. The summed E-state index contributed by atoms with van der Waals surface area (Å²) in [5.74, 6) is -0.196. The average Bonchev–Trinajstić information content (AvgIpc) is 2.65. The number of carbonyl (C=O) groups excluding carboxylic acids is 1. The number of ketones is 1. The van der Waals surface area contributed by atoms with Crippen molar-refractivity contribution in [3.05, 3.63) is 47.5 Å². The van der Waals surface area contributed by atoms with Gasteiger partial charge in [0.15, 0.2) is 0 Å². The Morgan fingerprint density at radius 1 is 1.17 bits per heavy atom. The Hall–Kier alpha value is -0.260. The Balaban J connectivity index is 2.46. The molecular weight excluding hydrogens is 380 g/mol. The number of hydrogen-bond donors (Lipinski definition) is 1. The predicted molar refractivity (Wildman–Crippen MR) is 81.3 cm³/mol. The fourth-order valence-electron chi connectivity index (χ4n) is 1.34. The zero-order chi connectivity index (χ0) is 13.4. The van der Waals surface area contributed by atoms with Crippen molar-refractivity contribution < 1.29 is 4.79 Å². The summed E-state index contributed by atoms with van der Waals surface area (Å²) in [5, 5.41) is 0.997. The van der Waals surface area contributed by atoms with Crippen LogP contribution in [0.1, 0.15) is 15.2 Å². The van der Waals surface area contributed by atoms with Gasteiger partial charge in [-0.25, -0.2) is 0 Å². The Bertz CT molecular complexity index is 599. The summed E-state index contributed by atoms with van der Waals surface area (Å²) < 4.78 is 0.709. The summed E-state index contributed by atoms with van der Waals surface area (Å²) in [5.41, 5.74) is 6.33. The van der Waals surface area contributed by atoms with E-state index in [0.717, 1.165) is 0 Å². The highest BCUT2D eigenvalue weighted by Gasteiger charge is 2.16. The van der Waals surface area contributed by atoms with Gasteiger partial charge in [-0.3, -0.25) is 4.79 Å². The fourth-order valence-corrected chi connectivity index (χ4v) is 3.34. The van der Waals surface area contributed by atoms with Crippen LogP contribution in [0.15, 0.2) is 22.0 Å². The normalized spacial score (nSPS) is 10.7. The fraction of sp³-hybridized carbons (Fsp3) is 0. The lowest BCUT2D eigenvalue weighted by Crippen LogP contribution is -2.00. The molecule has 0 aliphatic rings. The molecule has 0 radical (unpaired) electrons. The van der Waals surface area contributed by atoms with Crippen molar-refractivity contribution in [2.45, 2.75) is 0 Å². The second-order valence-electron chi connectivity index (χ2n) is 3.42. The summed E-state index contributed by atoms with van der Waals surface area (Å²) in [4.78, 5) is 12.7. The number of rotatable bonds is 2. The van der Waals surface area contributed by atoms with Crippen LogP contribution in [0.3, 0.4) is 0 Å². The number of benzene rings is 1. The average molecular weight is 385 g/mol. The van der Waals surface area contributed by atoms with Crippen LogP contribution in [-0.4, -0.2) is 5.78 Å². The predicted octanol–water partition coefficient (Wildman–Crippen LogP) is 5.28. The van der Waals surface area contributed by atoms with E-state index in [4.69, 9.17) is 40.5 Å². The Morgan fingerprint density at radius 3 is 2.33 bits per heavy atom. The molecule has 2 rings (SSSR count). The van der Waals surface area contributed by atoms with Crippen molar-refractivity contribution >= 4 is 73.5 Å². The quantitative estimate of drug-likeness (QED) is 0.564. The highest BCUT2D eigenvalue weighted by Crippen LogP contribution is 2.35. The Kier molecular flexibility index (Phi) is 4.24. The highest BCUT2D eigenvalue weighted by atomic mass is 79.9. The van der Waals surface area contributed by atoms with Gasteiger partial charge < -0.3 is 5.73 Å². The lowest BCUT2D eigenvalue weighted by molar-refractivity contribution is 0.104. The molecule has 1 heterocycles. The van der Waals surface area contributed by atoms with Gasteiger partial charge >= 0.3 is 0 Å². The summed E-state index contributed by atoms with van der Waals surface area (Å²) in [7, 11) is 0. The number of nitrogens with two attached hydrogens (primary N) is 1. The standard InChI is InChI=1S/C11H5BrCl3NOS/c12-11-6(14)3-8(18-11)10(17)4-1-5(13)9(15)7(16)2-4/h1-3H,16H2. The Morgan fingerprint density at radius 2 is 1.83 bits per heavy atom. The van der Waals surface area contributed by atoms with Crippen LogP contribution >= 0.6 is 62.1 Å². The van der Waals surface area contributed by atoms with E-state index in [-0.39, 0.29) is 21.5 Å². The summed E-state index contributed by atoms with van der Waals surface area (Å²) in [6.45, 7) is 0. The van der Waals surface area contributed by atoms with Gasteiger partial charge in [0.25, 0.3) is 0 Å². The van der Waals surface area contributed by atoms with Crippen molar-refractivity contribution in [1.29, 1.82) is 0 Å². The van der Waals surface area contributed by atoms with Crippen LogP contribution in [0.4, 0.5) is 5.69 Å². The number of anilines is 1. The Labute approximate surface area is 131 Å². The summed E-state index contributed by atoms with van der Waals surface area (Å²) >= 11 is 22.1. The minimum absolute atomic E-state index is 0.196. The maximum Gasteiger partial charge on any atom is 0.203 e. The van der Waals surface area contributed by atoms with E-state index >= 15 is 0 Å². The van der Waals surface area contributed by atoms with Crippen LogP contribution in [0.5, 0.6) is 0 Å². The van der Waals surface area contributed by atoms with E-state index in [1.54, 1.807) is 6.07 Å². The number of hydrogen-bond acceptors (Lipinski definition) is 3. The van der Waals surface area contributed by atoms with Gasteiger partial charge in [-0.15, -0.1) is 11.3 Å². The highest BCUT2D eigenvalue weighted by molar-refractivity contribution is 9.11. The molecular formula is C11H5BrCl3NOS. The molecule has 0 atom stereocenters. The lowest BCUT2D eigenvalue weighted by Gasteiger charge is -2.04. The molecule has 7 heteroatoms. The first-order chi connectivity index (χ1) is 8.40. The monoisotopic (exact) mass is 383 g/mol. The molecule has 1 aromatic carbocycles. The van der Waals surface area contributed by atoms with Crippen molar-refractivity contribution in [1.82, 2.24) is 0 Å². The number of carbonyl (C=O) groups is 1. The minimum Gasteiger partial charge on any atom is -0.397 e. The van der Waals surface area contributed by atoms with Gasteiger partial charge in [0.1, 0.15) is 0 Å². The molecule has 0 spiro atoms. The molecule has 0 bridgehead atoms. The molecule has 0 unspecified atom stereocenters. The van der Waals surface area contributed by atoms with Crippen LogP contribution in [0, 0.1) is 0 Å². The third-order valence-corrected chi connectivity index (χ3v) is 5.48. The first-order valence-electron chi connectivity index (χ1n) is 4.64. The third kappa shape index (κ3) is 2.68. The summed E-state index contributed by atoms with van der Waals surface area (Å²) in [6.07, 6.45) is 0. The van der Waals surface area contributed by atoms with Gasteiger partial charge in [0, 0.05) is 5.56 Å². The van der Waals surface area contributed by atoms with E-state index < -0.39 is 0 Å². The molecule has 1 aromatic heterocycles. The van der Waals surface area contributed by atoms with E-state index in [1.165, 1.54) is 23.5 Å². The molecule has 18 heavy (non-hydrogen) atoms. The third-order valence-electron chi connectivity index (χ3n) is 2.19. The van der Waals surface area contributed by atoms with Crippen LogP contribution in [0.25, 0.3) is 0 Å². The molecule has 2 nitrogen and oxygen atoms in total. The van der Waals surface area contributed by atoms with Crippen molar-refractivity contribution in [3.63, 3.8) is 0 Å². The molecule has 0 fully saturated rings. The minimum atomic E-state index is -0.196. The SMILES string of the molecule is Nc1cc(C(=O)c2cc(Cl)c(Br)s2)cc(Cl)c1Cl. The second kappa shape index (κ2) is 5.39. The van der Waals surface area contributed by atoms with Gasteiger partial charge in [0.2, 0.25) is 5.78 Å². The zero-order valence-electron chi connectivity index (χ0n) is 8.64. The molecule has 0 saturated carbocycles. The van der Waals surface area contributed by atoms with Crippen LogP contribution < -0.4 is 5.73 Å². The van der Waals surface area contributed by atoms with Gasteiger partial charge in [-0.1, -0.05) is 34.8 Å². The maximum absolute atomic E-state index is 12.2. The van der Waals surface area contributed by atoms with Crippen LogP contribution in [-0.2, 0) is 0 Å². The van der Waals surface area contributed by atoms with E-state index in [1.807, 2.05) is 0 Å². The molecule has 0 aliphatic carbocycles. The van der Waals surface area contributed by atoms with E-state index in [2.05, 4.69) is 15.9 Å². The van der Waals surface area contributed by atoms with Crippen molar-refractivity contribution in [2.75, 3.05) is 5.73 Å². The topological polar surface area (TPSA) is 43.1 Å². The number of thiophene rings is 1. The first-order valence-corrected chi connectivity index (χ1v) is 7.38.